The van der Waals surface area contributed by atoms with Gasteiger partial charge in [0, 0.05) is 110 Å². The molecule has 2 fully saturated rings. The summed E-state index contributed by atoms with van der Waals surface area (Å²) < 4.78 is 0. The number of hydrogen-bond acceptors (Lipinski definition) is 9. The van der Waals surface area contributed by atoms with E-state index in [2.05, 4.69) is 31.1 Å². The fourth-order valence-corrected chi connectivity index (χ4v) is 7.86. The van der Waals surface area contributed by atoms with E-state index >= 15 is 0 Å². The molecule has 0 radical (unpaired) electrons. The summed E-state index contributed by atoms with van der Waals surface area (Å²) in [7, 11) is 0. The number of benzene rings is 5. The highest BCUT2D eigenvalue weighted by atomic mass is 16.4. The molecule has 0 bridgehead atoms. The maximum Gasteiger partial charge on any atom is 0.336 e. The number of amides is 3. The van der Waals surface area contributed by atoms with E-state index in [4.69, 9.17) is 10.7 Å². The van der Waals surface area contributed by atoms with Crippen LogP contribution in [-0.4, -0.2) is 123 Å². The van der Waals surface area contributed by atoms with Crippen molar-refractivity contribution in [2.45, 2.75) is 0 Å². The maximum atomic E-state index is 14.1. The number of amidine groups is 1. The van der Waals surface area contributed by atoms with Gasteiger partial charge in [-0.2, -0.15) is 0 Å². The molecule has 0 aromatic heterocycles. The van der Waals surface area contributed by atoms with Crippen molar-refractivity contribution in [3.8, 4) is 0 Å². The maximum absolute atomic E-state index is 14.1. The van der Waals surface area contributed by atoms with Crippen molar-refractivity contribution in [2.24, 2.45) is 10.7 Å². The first-order valence-electron chi connectivity index (χ1n) is 17.1. The van der Waals surface area contributed by atoms with Gasteiger partial charge in [0.2, 0.25) is 0 Å². The first-order valence-corrected chi connectivity index (χ1v) is 17.1. The van der Waals surface area contributed by atoms with Crippen LogP contribution < -0.4 is 27.0 Å². The minimum atomic E-state index is -1.17. The van der Waals surface area contributed by atoms with E-state index in [0.717, 1.165) is 57.7 Å². The first kappa shape index (κ1) is 32.0. The Morgan fingerprint density at radius 1 is 0.720 bits per heavy atom. The van der Waals surface area contributed by atoms with Crippen molar-refractivity contribution in [3.63, 3.8) is 0 Å². The summed E-state index contributed by atoms with van der Waals surface area (Å²) in [5.74, 6) is -2.33. The van der Waals surface area contributed by atoms with E-state index in [1.54, 1.807) is 24.3 Å². The number of fused-ring (bicyclic) bond motifs is 2. The highest BCUT2D eigenvalue weighted by Crippen LogP contribution is 2.45. The largest absolute Gasteiger partial charge is 0.478 e. The average molecular weight is 675 g/mol. The lowest BCUT2D eigenvalue weighted by Crippen LogP contribution is -2.46. The van der Waals surface area contributed by atoms with Crippen LogP contribution in [0.5, 0.6) is 0 Å². The van der Waals surface area contributed by atoms with E-state index in [1.165, 1.54) is 6.07 Å². The Labute approximate surface area is 287 Å². The number of rotatable bonds is 9. The van der Waals surface area contributed by atoms with Crippen LogP contribution in [0.15, 0.2) is 47.5 Å². The molecule has 8 rings (SSSR count). The number of carbonyl (C=O) groups is 4. The van der Waals surface area contributed by atoms with Crippen LogP contribution in [0.4, 0.5) is 0 Å². The number of aliphatic imine (C=N–C) groups is 1. The zero-order valence-corrected chi connectivity index (χ0v) is 27.5. The number of piperazine rings is 2. The lowest BCUT2D eigenvalue weighted by molar-refractivity contribution is 0.0697. The Morgan fingerprint density at radius 2 is 1.32 bits per heavy atom. The predicted octanol–water partition coefficient (Wildman–Crippen LogP) is 1.56. The molecule has 0 unspecified atom stereocenters. The van der Waals surface area contributed by atoms with Crippen molar-refractivity contribution in [2.75, 3.05) is 78.5 Å². The molecular formula is C37H38N8O5. The molecule has 0 atom stereocenters. The first-order chi connectivity index (χ1) is 24.3. The van der Waals surface area contributed by atoms with Gasteiger partial charge in [-0.3, -0.25) is 34.5 Å². The van der Waals surface area contributed by atoms with Crippen molar-refractivity contribution in [1.82, 2.24) is 31.1 Å². The number of carbonyl (C=O) groups excluding carboxylic acids is 3. The van der Waals surface area contributed by atoms with Crippen LogP contribution in [0.1, 0.15) is 47.0 Å². The van der Waals surface area contributed by atoms with Crippen LogP contribution in [0.3, 0.4) is 0 Å². The molecule has 3 aliphatic rings. The molecule has 3 aliphatic heterocycles. The fraction of sp³-hybridized carbons (Fsp3) is 0.324. The van der Waals surface area contributed by atoms with Gasteiger partial charge in [-0.1, -0.05) is 18.2 Å². The molecule has 256 valence electrons. The summed E-state index contributed by atoms with van der Waals surface area (Å²) in [5, 5.41) is 27.4. The summed E-state index contributed by atoms with van der Waals surface area (Å²) >= 11 is 0. The average Bonchev–Trinajstić information content (AvgIpc) is 3.13. The summed E-state index contributed by atoms with van der Waals surface area (Å²) in [5.41, 5.74) is 8.15. The highest BCUT2D eigenvalue weighted by Gasteiger charge is 2.30. The zero-order valence-electron chi connectivity index (χ0n) is 27.5. The molecule has 2 saturated heterocycles. The number of carboxylic acids is 1. The van der Waals surface area contributed by atoms with Crippen molar-refractivity contribution < 1.29 is 24.3 Å². The SMILES string of the molecule is NC(=NCCN1CCNCC1)c1cc(C(=O)O)c2c3ccc4c5c(ccc(c6ccc(C(=O)NCCN7CCNCC7)c1c62)c53)C(=O)NC4=O. The van der Waals surface area contributed by atoms with Crippen molar-refractivity contribution in [1.29, 1.82) is 0 Å². The van der Waals surface area contributed by atoms with Gasteiger partial charge in [-0.05, 0) is 51.2 Å². The number of aromatic carboxylic acids is 1. The third kappa shape index (κ3) is 5.39. The van der Waals surface area contributed by atoms with E-state index in [9.17, 15) is 24.3 Å². The molecule has 0 saturated carbocycles. The molecule has 13 nitrogen and oxygen atoms in total. The van der Waals surface area contributed by atoms with Crippen molar-refractivity contribution >= 4 is 72.6 Å². The molecule has 50 heavy (non-hydrogen) atoms. The lowest BCUT2D eigenvalue weighted by Gasteiger charge is -2.27. The van der Waals surface area contributed by atoms with E-state index in [1.807, 2.05) is 12.1 Å². The monoisotopic (exact) mass is 674 g/mol. The highest BCUT2D eigenvalue weighted by molar-refractivity contribution is 6.41. The van der Waals surface area contributed by atoms with E-state index in [0.29, 0.717) is 86.1 Å². The van der Waals surface area contributed by atoms with Gasteiger partial charge >= 0.3 is 5.97 Å². The molecular weight excluding hydrogens is 636 g/mol. The second kappa shape index (κ2) is 12.9. The number of nitrogens with two attached hydrogens (primary N) is 1. The normalized spacial score (nSPS) is 17.6. The second-order valence-corrected chi connectivity index (χ2v) is 13.1. The van der Waals surface area contributed by atoms with Gasteiger partial charge in [0.1, 0.15) is 5.84 Å². The minimum absolute atomic E-state index is 0.0109. The van der Waals surface area contributed by atoms with Crippen LogP contribution in [-0.2, 0) is 0 Å². The number of hydrogen-bond donors (Lipinski definition) is 6. The quantitative estimate of drug-likeness (QED) is 0.0442. The smallest absolute Gasteiger partial charge is 0.336 e. The van der Waals surface area contributed by atoms with Crippen LogP contribution in [0.25, 0.3) is 43.1 Å². The summed E-state index contributed by atoms with van der Waals surface area (Å²) in [6, 6.07) is 12.0. The third-order valence-corrected chi connectivity index (χ3v) is 10.3. The van der Waals surface area contributed by atoms with Crippen LogP contribution in [0.2, 0.25) is 0 Å². The molecule has 3 heterocycles. The Hall–Kier alpha value is -5.21. The summed E-state index contributed by atoms with van der Waals surface area (Å²) in [4.78, 5) is 62.3. The second-order valence-electron chi connectivity index (χ2n) is 13.1. The fourth-order valence-electron chi connectivity index (χ4n) is 7.86. The van der Waals surface area contributed by atoms with Gasteiger partial charge in [-0.15, -0.1) is 0 Å². The van der Waals surface area contributed by atoms with E-state index < -0.39 is 17.8 Å². The van der Waals surface area contributed by atoms with E-state index in [-0.39, 0.29) is 17.3 Å². The molecule has 0 aliphatic carbocycles. The number of nitrogens with zero attached hydrogens (tertiary/aromatic N) is 3. The van der Waals surface area contributed by atoms with Crippen LogP contribution >= 0.6 is 0 Å². The molecule has 0 spiro atoms. The minimum Gasteiger partial charge on any atom is -0.478 e. The Bertz CT molecular complexity index is 2230. The Morgan fingerprint density at radius 3 is 1.98 bits per heavy atom. The lowest BCUT2D eigenvalue weighted by atomic mass is 9.81. The Balaban J connectivity index is 1.34. The molecule has 5 aromatic carbocycles. The molecule has 3 amide bonds. The van der Waals surface area contributed by atoms with Gasteiger partial charge in [0.05, 0.1) is 12.1 Å². The molecule has 5 aromatic rings. The van der Waals surface area contributed by atoms with Gasteiger partial charge in [-0.25, -0.2) is 4.79 Å². The standard InChI is InChI=1S/C37H38N8O5/c38-33(41-11-17-44-13-7-39-8-14-44)26-19-27(37(49)50)29-22-3-6-25-30-24(35(47)43-36(25)48)5-1-20(28(22)30)21-2-4-23(31(26)32(21)29)34(46)42-12-18-45-15-9-40-10-16-45/h1-6,19,39-40H,7-18H2,(H2,38,41)(H,42,46)(H,49,50)(H,43,47,48). The number of imide groups is 1. The summed E-state index contributed by atoms with van der Waals surface area (Å²) in [6.45, 7) is 9.47. The van der Waals surface area contributed by atoms with Gasteiger partial charge in [0.25, 0.3) is 17.7 Å². The molecule has 7 N–H and O–H groups in total. The number of nitrogens with one attached hydrogen (secondary N) is 4. The third-order valence-electron chi connectivity index (χ3n) is 10.3. The Kier molecular flexibility index (Phi) is 8.27. The topological polar surface area (TPSA) is 181 Å². The van der Waals surface area contributed by atoms with Crippen molar-refractivity contribution in [3.05, 3.63) is 70.3 Å². The van der Waals surface area contributed by atoms with Gasteiger partial charge in [0.15, 0.2) is 0 Å². The molecule has 13 heteroatoms. The predicted molar refractivity (Wildman–Crippen MR) is 193 cm³/mol. The zero-order chi connectivity index (χ0) is 34.5. The van der Waals surface area contributed by atoms with Crippen LogP contribution in [0, 0.1) is 0 Å². The van der Waals surface area contributed by atoms with Gasteiger partial charge < -0.3 is 26.8 Å². The summed E-state index contributed by atoms with van der Waals surface area (Å²) in [6.07, 6.45) is 0. The number of carboxylic acid groups (broad SMARTS) is 1.